The Hall–Kier alpha value is -3.49. The Balaban J connectivity index is 1.52. The van der Waals surface area contributed by atoms with E-state index in [0.717, 1.165) is 25.7 Å². The zero-order chi connectivity index (χ0) is 19.9. The number of hydrogen-bond donors (Lipinski definition) is 2. The van der Waals surface area contributed by atoms with Gasteiger partial charge in [0.1, 0.15) is 4.92 Å². The fourth-order valence-corrected chi connectivity index (χ4v) is 3.04. The third-order valence-corrected chi connectivity index (χ3v) is 4.54. The van der Waals surface area contributed by atoms with E-state index in [1.54, 1.807) is 24.3 Å². The third kappa shape index (κ3) is 5.03. The summed E-state index contributed by atoms with van der Waals surface area (Å²) in [4.78, 5) is 34.2. The average molecular weight is 384 g/mol. The molecule has 2 aromatic rings. The highest BCUT2D eigenvalue weighted by atomic mass is 16.6. The number of hydrazone groups is 1. The molecule has 1 fully saturated rings. The SMILES string of the molecule is O=C(NN=Cc1ccc([N+](=O)[O-])o1)c1ccc(NC(=O)C2CCCCC2)cc1. The van der Waals surface area contributed by atoms with Crippen molar-refractivity contribution >= 4 is 29.6 Å². The molecule has 1 heterocycles. The molecule has 9 nitrogen and oxygen atoms in total. The summed E-state index contributed by atoms with van der Waals surface area (Å²) in [5, 5.41) is 17.1. The topological polar surface area (TPSA) is 127 Å². The van der Waals surface area contributed by atoms with Crippen molar-refractivity contribution in [2.24, 2.45) is 11.0 Å². The van der Waals surface area contributed by atoms with E-state index in [4.69, 9.17) is 4.42 Å². The number of furan rings is 1. The second-order valence-electron chi connectivity index (χ2n) is 6.53. The van der Waals surface area contributed by atoms with E-state index in [1.165, 1.54) is 24.8 Å². The van der Waals surface area contributed by atoms with Gasteiger partial charge in [0.25, 0.3) is 5.91 Å². The molecule has 0 unspecified atom stereocenters. The van der Waals surface area contributed by atoms with Gasteiger partial charge in [0.05, 0.1) is 12.3 Å². The van der Waals surface area contributed by atoms with Crippen molar-refractivity contribution in [3.05, 3.63) is 57.8 Å². The lowest BCUT2D eigenvalue weighted by atomic mass is 9.88. The van der Waals surface area contributed by atoms with E-state index < -0.39 is 16.7 Å². The molecule has 3 rings (SSSR count). The Morgan fingerprint density at radius 3 is 2.46 bits per heavy atom. The first-order valence-electron chi connectivity index (χ1n) is 9.01. The van der Waals surface area contributed by atoms with Gasteiger partial charge < -0.3 is 9.73 Å². The summed E-state index contributed by atoms with van der Waals surface area (Å²) < 4.78 is 4.90. The van der Waals surface area contributed by atoms with Crippen molar-refractivity contribution in [1.29, 1.82) is 0 Å². The molecule has 0 bridgehead atoms. The molecular formula is C19H20N4O5. The molecule has 146 valence electrons. The number of nitrogens with one attached hydrogen (secondary N) is 2. The predicted octanol–water partition coefficient (Wildman–Crippen LogP) is 3.47. The fourth-order valence-electron chi connectivity index (χ4n) is 3.04. The number of carbonyl (C=O) groups is 2. The summed E-state index contributed by atoms with van der Waals surface area (Å²) in [6.45, 7) is 0. The number of anilines is 1. The highest BCUT2D eigenvalue weighted by Crippen LogP contribution is 2.25. The third-order valence-electron chi connectivity index (χ3n) is 4.54. The lowest BCUT2D eigenvalue weighted by Gasteiger charge is -2.20. The van der Waals surface area contributed by atoms with E-state index in [1.807, 2.05) is 0 Å². The van der Waals surface area contributed by atoms with Gasteiger partial charge >= 0.3 is 5.88 Å². The quantitative estimate of drug-likeness (QED) is 0.448. The molecule has 2 amide bonds. The summed E-state index contributed by atoms with van der Waals surface area (Å²) in [6.07, 6.45) is 6.37. The second kappa shape index (κ2) is 8.94. The van der Waals surface area contributed by atoms with E-state index in [0.29, 0.717) is 11.3 Å². The van der Waals surface area contributed by atoms with Crippen LogP contribution in [0.5, 0.6) is 0 Å². The van der Waals surface area contributed by atoms with Gasteiger partial charge in [-0.2, -0.15) is 5.10 Å². The maximum atomic E-state index is 12.2. The molecule has 1 aliphatic rings. The minimum absolute atomic E-state index is 0.0223. The predicted molar refractivity (Wildman–Crippen MR) is 102 cm³/mol. The van der Waals surface area contributed by atoms with Crippen molar-refractivity contribution in [2.45, 2.75) is 32.1 Å². The molecule has 9 heteroatoms. The number of carbonyl (C=O) groups excluding carboxylic acids is 2. The molecule has 2 N–H and O–H groups in total. The summed E-state index contributed by atoms with van der Waals surface area (Å²) in [6, 6.07) is 9.06. The van der Waals surface area contributed by atoms with Crippen LogP contribution in [-0.2, 0) is 4.79 Å². The van der Waals surface area contributed by atoms with Gasteiger partial charge in [-0.25, -0.2) is 5.43 Å². The lowest BCUT2D eigenvalue weighted by molar-refractivity contribution is -0.402. The molecule has 0 atom stereocenters. The van der Waals surface area contributed by atoms with Gasteiger partial charge in [0, 0.05) is 17.2 Å². The van der Waals surface area contributed by atoms with Crippen LogP contribution in [0.1, 0.15) is 48.2 Å². The molecular weight excluding hydrogens is 364 g/mol. The Morgan fingerprint density at radius 2 is 1.82 bits per heavy atom. The first-order valence-corrected chi connectivity index (χ1v) is 9.01. The van der Waals surface area contributed by atoms with Crippen LogP contribution in [0.3, 0.4) is 0 Å². The fraction of sp³-hybridized carbons (Fsp3) is 0.316. The monoisotopic (exact) mass is 384 g/mol. The minimum atomic E-state index is -0.662. The van der Waals surface area contributed by atoms with Gasteiger partial charge in [0.2, 0.25) is 5.91 Å². The molecule has 0 spiro atoms. The Kier molecular flexibility index (Phi) is 6.15. The first kappa shape index (κ1) is 19.3. The number of benzene rings is 1. The first-order chi connectivity index (χ1) is 13.5. The summed E-state index contributed by atoms with van der Waals surface area (Å²) in [5.74, 6) is -0.633. The number of rotatable bonds is 6. The van der Waals surface area contributed by atoms with Crippen molar-refractivity contribution in [1.82, 2.24) is 5.43 Å². The van der Waals surface area contributed by atoms with Crippen LogP contribution in [0.25, 0.3) is 0 Å². The maximum absolute atomic E-state index is 12.2. The average Bonchev–Trinajstić information content (AvgIpc) is 3.18. The van der Waals surface area contributed by atoms with E-state index >= 15 is 0 Å². The Morgan fingerprint density at radius 1 is 1.11 bits per heavy atom. The van der Waals surface area contributed by atoms with Crippen LogP contribution in [0.2, 0.25) is 0 Å². The van der Waals surface area contributed by atoms with Gasteiger partial charge in [-0.3, -0.25) is 19.7 Å². The summed E-state index contributed by atoms with van der Waals surface area (Å²) in [5.41, 5.74) is 3.31. The Bertz CT molecular complexity index is 882. The molecule has 0 saturated heterocycles. The number of nitro groups is 1. The molecule has 1 saturated carbocycles. The number of amides is 2. The van der Waals surface area contributed by atoms with Gasteiger partial charge in [0.15, 0.2) is 5.76 Å². The van der Waals surface area contributed by atoms with Crippen molar-refractivity contribution < 1.29 is 18.9 Å². The zero-order valence-corrected chi connectivity index (χ0v) is 15.1. The molecule has 1 aromatic carbocycles. The van der Waals surface area contributed by atoms with E-state index in [2.05, 4.69) is 15.8 Å². The number of nitrogens with zero attached hydrogens (tertiary/aromatic N) is 2. The van der Waals surface area contributed by atoms with Gasteiger partial charge in [-0.15, -0.1) is 0 Å². The Labute approximate surface area is 161 Å². The van der Waals surface area contributed by atoms with Crippen LogP contribution in [-0.4, -0.2) is 23.0 Å². The molecule has 1 aliphatic carbocycles. The van der Waals surface area contributed by atoms with Crippen LogP contribution >= 0.6 is 0 Å². The lowest BCUT2D eigenvalue weighted by Crippen LogP contribution is -2.24. The smallest absolute Gasteiger partial charge is 0.400 e. The van der Waals surface area contributed by atoms with Crippen LogP contribution in [0.4, 0.5) is 11.6 Å². The molecule has 1 aromatic heterocycles. The van der Waals surface area contributed by atoms with Crippen LogP contribution in [0, 0.1) is 16.0 Å². The highest BCUT2D eigenvalue weighted by molar-refractivity contribution is 5.96. The largest absolute Gasteiger partial charge is 0.433 e. The van der Waals surface area contributed by atoms with Crippen LogP contribution in [0.15, 0.2) is 45.9 Å². The molecule has 0 aliphatic heterocycles. The second-order valence-corrected chi connectivity index (χ2v) is 6.53. The van der Waals surface area contributed by atoms with Crippen molar-refractivity contribution in [2.75, 3.05) is 5.32 Å². The van der Waals surface area contributed by atoms with Crippen molar-refractivity contribution in [3.63, 3.8) is 0 Å². The maximum Gasteiger partial charge on any atom is 0.433 e. The normalized spacial score (nSPS) is 14.7. The van der Waals surface area contributed by atoms with Gasteiger partial charge in [-0.05, 0) is 43.2 Å². The molecule has 28 heavy (non-hydrogen) atoms. The van der Waals surface area contributed by atoms with Crippen LogP contribution < -0.4 is 10.7 Å². The van der Waals surface area contributed by atoms with Gasteiger partial charge in [-0.1, -0.05) is 19.3 Å². The van der Waals surface area contributed by atoms with E-state index in [-0.39, 0.29) is 17.6 Å². The number of hydrogen-bond acceptors (Lipinski definition) is 6. The zero-order valence-electron chi connectivity index (χ0n) is 15.1. The minimum Gasteiger partial charge on any atom is -0.400 e. The van der Waals surface area contributed by atoms with Crippen molar-refractivity contribution in [3.8, 4) is 0 Å². The summed E-state index contributed by atoms with van der Waals surface area (Å²) in [7, 11) is 0. The highest BCUT2D eigenvalue weighted by Gasteiger charge is 2.21. The summed E-state index contributed by atoms with van der Waals surface area (Å²) >= 11 is 0. The molecule has 0 radical (unpaired) electrons. The standard InChI is InChI=1S/C19H20N4O5/c24-18(13-4-2-1-3-5-13)21-15-8-6-14(7-9-15)19(25)22-20-12-16-10-11-17(28-16)23(26)27/h6-13H,1-5H2,(H,21,24)(H,22,25). The van der Waals surface area contributed by atoms with E-state index in [9.17, 15) is 19.7 Å².